The Hall–Kier alpha value is -1.06. The second-order valence-electron chi connectivity index (χ2n) is 5.97. The van der Waals surface area contributed by atoms with Crippen LogP contribution in [0.15, 0.2) is 12.1 Å². The summed E-state index contributed by atoms with van der Waals surface area (Å²) in [6.07, 6.45) is 8.87. The van der Waals surface area contributed by atoms with Gasteiger partial charge in [0.15, 0.2) is 0 Å². The van der Waals surface area contributed by atoms with Gasteiger partial charge < -0.3 is 4.74 Å². The first kappa shape index (κ1) is 18.0. The van der Waals surface area contributed by atoms with Gasteiger partial charge in [-0.3, -0.25) is 11.3 Å². The van der Waals surface area contributed by atoms with Gasteiger partial charge in [-0.15, -0.1) is 0 Å². The molecule has 0 heterocycles. The van der Waals surface area contributed by atoms with Crippen molar-refractivity contribution in [1.82, 2.24) is 5.43 Å². The smallest absolute Gasteiger partial charge is 0.124 e. The van der Waals surface area contributed by atoms with Gasteiger partial charge >= 0.3 is 0 Å². The number of hydrazine groups is 1. The van der Waals surface area contributed by atoms with Gasteiger partial charge in [0.05, 0.1) is 7.11 Å². The molecule has 0 radical (unpaired) electrons. The molecule has 0 aromatic heterocycles. The number of aryl methyl sites for hydroxylation is 2. The van der Waals surface area contributed by atoms with E-state index < -0.39 is 0 Å². The van der Waals surface area contributed by atoms with Crippen LogP contribution in [0.3, 0.4) is 0 Å². The van der Waals surface area contributed by atoms with Crippen LogP contribution in [0.4, 0.5) is 0 Å². The molecule has 21 heavy (non-hydrogen) atoms. The molecule has 0 aliphatic rings. The van der Waals surface area contributed by atoms with Crippen molar-refractivity contribution in [3.8, 4) is 5.75 Å². The fraction of sp³-hybridized carbons (Fsp3) is 0.667. The van der Waals surface area contributed by atoms with E-state index >= 15 is 0 Å². The van der Waals surface area contributed by atoms with Crippen LogP contribution in [0.5, 0.6) is 5.75 Å². The topological polar surface area (TPSA) is 47.3 Å². The van der Waals surface area contributed by atoms with Crippen molar-refractivity contribution in [2.45, 2.75) is 71.8 Å². The van der Waals surface area contributed by atoms with Crippen molar-refractivity contribution in [3.63, 3.8) is 0 Å². The molecule has 1 rings (SSSR count). The largest absolute Gasteiger partial charge is 0.496 e. The van der Waals surface area contributed by atoms with Crippen molar-refractivity contribution in [1.29, 1.82) is 0 Å². The van der Waals surface area contributed by atoms with E-state index in [2.05, 4.69) is 38.3 Å². The lowest BCUT2D eigenvalue weighted by atomic mass is 9.94. The van der Waals surface area contributed by atoms with Crippen molar-refractivity contribution >= 4 is 0 Å². The number of benzene rings is 1. The van der Waals surface area contributed by atoms with Crippen molar-refractivity contribution < 1.29 is 4.74 Å². The predicted octanol–water partition coefficient (Wildman–Crippen LogP) is 4.57. The van der Waals surface area contributed by atoms with E-state index in [9.17, 15) is 0 Å². The van der Waals surface area contributed by atoms with Gasteiger partial charge in [-0.2, -0.15) is 0 Å². The fourth-order valence-corrected chi connectivity index (χ4v) is 3.00. The number of ether oxygens (including phenoxy) is 1. The summed E-state index contributed by atoms with van der Waals surface area (Å²) < 4.78 is 5.55. The molecule has 120 valence electrons. The minimum absolute atomic E-state index is 0.173. The van der Waals surface area contributed by atoms with E-state index in [0.717, 1.165) is 12.2 Å². The normalized spacial score (nSPS) is 12.4. The third-order valence-electron chi connectivity index (χ3n) is 4.11. The molecule has 1 aromatic rings. The number of rotatable bonds is 10. The highest BCUT2D eigenvalue weighted by Crippen LogP contribution is 2.32. The molecule has 3 nitrogen and oxygen atoms in total. The van der Waals surface area contributed by atoms with Crippen LogP contribution in [-0.2, 0) is 0 Å². The van der Waals surface area contributed by atoms with Gasteiger partial charge in [0.25, 0.3) is 0 Å². The maximum Gasteiger partial charge on any atom is 0.124 e. The average Bonchev–Trinajstić information content (AvgIpc) is 2.47. The summed E-state index contributed by atoms with van der Waals surface area (Å²) in [5, 5.41) is 0. The Morgan fingerprint density at radius 1 is 1.10 bits per heavy atom. The summed E-state index contributed by atoms with van der Waals surface area (Å²) in [7, 11) is 1.73. The predicted molar refractivity (Wildman–Crippen MR) is 90.5 cm³/mol. The highest BCUT2D eigenvalue weighted by Gasteiger charge is 2.17. The Kier molecular flexibility index (Phi) is 8.40. The van der Waals surface area contributed by atoms with E-state index in [4.69, 9.17) is 10.6 Å². The Morgan fingerprint density at radius 3 is 2.38 bits per heavy atom. The van der Waals surface area contributed by atoms with Crippen LogP contribution in [0, 0.1) is 13.8 Å². The number of unbranched alkanes of at least 4 members (excludes halogenated alkanes) is 5. The van der Waals surface area contributed by atoms with Crippen LogP contribution in [0.1, 0.15) is 74.6 Å². The molecular formula is C18H32N2O. The molecule has 0 amide bonds. The zero-order valence-electron chi connectivity index (χ0n) is 14.2. The highest BCUT2D eigenvalue weighted by molar-refractivity contribution is 5.45. The molecule has 0 spiro atoms. The summed E-state index contributed by atoms with van der Waals surface area (Å²) in [5.41, 5.74) is 6.66. The van der Waals surface area contributed by atoms with E-state index in [1.54, 1.807) is 7.11 Å². The van der Waals surface area contributed by atoms with Gasteiger partial charge in [0.2, 0.25) is 0 Å². The number of nitrogens with one attached hydrogen (secondary N) is 1. The van der Waals surface area contributed by atoms with E-state index in [1.165, 1.54) is 55.2 Å². The Bertz CT molecular complexity index is 418. The van der Waals surface area contributed by atoms with Crippen LogP contribution in [0.25, 0.3) is 0 Å². The first-order chi connectivity index (χ1) is 10.1. The van der Waals surface area contributed by atoms with Crippen LogP contribution in [0.2, 0.25) is 0 Å². The molecule has 0 bridgehead atoms. The molecule has 1 atom stereocenters. The van der Waals surface area contributed by atoms with Gasteiger partial charge in [-0.1, -0.05) is 51.5 Å². The van der Waals surface area contributed by atoms with E-state index in [-0.39, 0.29) is 6.04 Å². The Labute approximate surface area is 130 Å². The number of nitrogens with two attached hydrogens (primary N) is 1. The zero-order chi connectivity index (χ0) is 15.7. The van der Waals surface area contributed by atoms with Crippen LogP contribution < -0.4 is 16.0 Å². The van der Waals surface area contributed by atoms with Crippen molar-refractivity contribution in [2.75, 3.05) is 7.11 Å². The van der Waals surface area contributed by atoms with Gasteiger partial charge in [-0.25, -0.2) is 0 Å². The third kappa shape index (κ3) is 5.68. The molecule has 3 N–H and O–H groups in total. The Balaban J connectivity index is 2.63. The minimum atomic E-state index is 0.173. The number of hydrogen-bond acceptors (Lipinski definition) is 3. The Morgan fingerprint density at radius 2 is 1.76 bits per heavy atom. The maximum absolute atomic E-state index is 5.79. The second kappa shape index (κ2) is 9.80. The van der Waals surface area contributed by atoms with Crippen LogP contribution >= 0.6 is 0 Å². The summed E-state index contributed by atoms with van der Waals surface area (Å²) in [6, 6.07) is 4.46. The van der Waals surface area contributed by atoms with Crippen LogP contribution in [-0.4, -0.2) is 7.11 Å². The first-order valence-electron chi connectivity index (χ1n) is 8.25. The van der Waals surface area contributed by atoms with Crippen molar-refractivity contribution in [3.05, 3.63) is 28.8 Å². The summed E-state index contributed by atoms with van der Waals surface area (Å²) in [5.74, 6) is 6.74. The second-order valence-corrected chi connectivity index (χ2v) is 5.97. The molecule has 1 aromatic carbocycles. The lowest BCUT2D eigenvalue weighted by molar-refractivity contribution is 0.391. The standard InChI is InChI=1S/C18H32N2O/c1-5-6-7-8-9-10-11-16(20-19)18-15(3)12-14(2)13-17(18)21-4/h12-13,16,20H,5-11,19H2,1-4H3. The molecule has 1 unspecified atom stereocenters. The fourth-order valence-electron chi connectivity index (χ4n) is 3.00. The van der Waals surface area contributed by atoms with Gasteiger partial charge in [0, 0.05) is 11.6 Å². The summed E-state index contributed by atoms with van der Waals surface area (Å²) in [4.78, 5) is 0. The summed E-state index contributed by atoms with van der Waals surface area (Å²) in [6.45, 7) is 6.48. The third-order valence-corrected chi connectivity index (χ3v) is 4.11. The summed E-state index contributed by atoms with van der Waals surface area (Å²) >= 11 is 0. The average molecular weight is 292 g/mol. The molecular weight excluding hydrogens is 260 g/mol. The molecule has 3 heteroatoms. The first-order valence-corrected chi connectivity index (χ1v) is 8.25. The minimum Gasteiger partial charge on any atom is -0.496 e. The SMILES string of the molecule is CCCCCCCCC(NN)c1c(C)cc(C)cc1OC. The molecule has 0 saturated heterocycles. The lowest BCUT2D eigenvalue weighted by Gasteiger charge is -2.22. The maximum atomic E-state index is 5.79. The van der Waals surface area contributed by atoms with E-state index in [0.29, 0.717) is 0 Å². The lowest BCUT2D eigenvalue weighted by Crippen LogP contribution is -2.29. The molecule has 0 aliphatic carbocycles. The monoisotopic (exact) mass is 292 g/mol. The number of hydrogen-bond donors (Lipinski definition) is 2. The van der Waals surface area contributed by atoms with Gasteiger partial charge in [-0.05, 0) is 37.5 Å². The number of methoxy groups -OCH3 is 1. The van der Waals surface area contributed by atoms with E-state index in [1.807, 2.05) is 0 Å². The van der Waals surface area contributed by atoms with Crippen molar-refractivity contribution in [2.24, 2.45) is 5.84 Å². The highest BCUT2D eigenvalue weighted by atomic mass is 16.5. The molecule has 0 saturated carbocycles. The zero-order valence-corrected chi connectivity index (χ0v) is 14.2. The quantitative estimate of drug-likeness (QED) is 0.377. The molecule has 0 aliphatic heterocycles. The molecule has 0 fully saturated rings. The van der Waals surface area contributed by atoms with Gasteiger partial charge in [0.1, 0.15) is 5.75 Å².